The molecule has 1 aliphatic heterocycles. The van der Waals surface area contributed by atoms with Crippen LogP contribution >= 0.6 is 11.6 Å². The van der Waals surface area contributed by atoms with Crippen LogP contribution in [0.1, 0.15) is 54.6 Å². The maximum Gasteiger partial charge on any atom is 0.318 e. The number of carbonyl (C=O) groups is 2. The number of aromatic nitrogens is 2. The Morgan fingerprint density at radius 3 is 2.48 bits per heavy atom. The molecule has 0 atom stereocenters. The Morgan fingerprint density at radius 1 is 1.18 bits per heavy atom. The van der Waals surface area contributed by atoms with Crippen LogP contribution in [0.15, 0.2) is 18.2 Å². The van der Waals surface area contributed by atoms with E-state index in [0.29, 0.717) is 30.0 Å². The van der Waals surface area contributed by atoms with Crippen molar-refractivity contribution in [3.8, 4) is 11.3 Å². The number of carbonyl (C=O) groups excluding carboxylic acids is 2. The van der Waals surface area contributed by atoms with Crippen molar-refractivity contribution in [2.45, 2.75) is 57.2 Å². The topological polar surface area (TPSA) is 113 Å². The summed E-state index contributed by atoms with van der Waals surface area (Å²) in [6.07, 6.45) is 5.37. The Hall–Kier alpha value is -2.65. The highest BCUT2D eigenvalue weighted by molar-refractivity contribution is 6.31. The Balaban J connectivity index is 1.37. The highest BCUT2D eigenvalue weighted by Crippen LogP contribution is 2.52. The molecule has 2 heterocycles. The standard InChI is InChI=1S/C23H27ClFN5O3/c24-15-11-14(1-2-16(15)25)19-18(20(26)32)17-12-29(9-10-30(17)28-19)21(33)27-23-6-3-22(13-31,4-7-23)5-8-23/h1-2,11,31H,3-10,12-13H2,(H2,26,32)(H,27,33). The van der Waals surface area contributed by atoms with E-state index in [1.54, 1.807) is 9.58 Å². The van der Waals surface area contributed by atoms with Crippen molar-refractivity contribution in [3.63, 3.8) is 0 Å². The quantitative estimate of drug-likeness (QED) is 0.630. The van der Waals surface area contributed by atoms with E-state index >= 15 is 0 Å². The number of amides is 3. The van der Waals surface area contributed by atoms with E-state index < -0.39 is 11.7 Å². The second kappa shape index (κ2) is 7.99. The van der Waals surface area contributed by atoms with Crippen molar-refractivity contribution in [1.82, 2.24) is 20.0 Å². The molecule has 176 valence electrons. The number of rotatable bonds is 4. The van der Waals surface area contributed by atoms with Gasteiger partial charge >= 0.3 is 6.03 Å². The number of nitrogens with two attached hydrogens (primary N) is 1. The molecule has 0 spiro atoms. The van der Waals surface area contributed by atoms with Crippen LogP contribution < -0.4 is 11.1 Å². The predicted molar refractivity (Wildman–Crippen MR) is 120 cm³/mol. The fraction of sp³-hybridized carbons (Fsp3) is 0.522. The van der Waals surface area contributed by atoms with Crippen molar-refractivity contribution in [3.05, 3.63) is 40.3 Å². The largest absolute Gasteiger partial charge is 0.396 e. The van der Waals surface area contributed by atoms with Crippen LogP contribution in [0.5, 0.6) is 0 Å². The number of nitrogens with one attached hydrogen (secondary N) is 1. The molecule has 10 heteroatoms. The maximum atomic E-state index is 13.6. The highest BCUT2D eigenvalue weighted by atomic mass is 35.5. The number of fused-ring (bicyclic) bond motifs is 4. The van der Waals surface area contributed by atoms with Crippen molar-refractivity contribution < 1.29 is 19.1 Å². The Bertz CT molecular complexity index is 1110. The summed E-state index contributed by atoms with van der Waals surface area (Å²) in [7, 11) is 0. The molecule has 8 nitrogen and oxygen atoms in total. The maximum absolute atomic E-state index is 13.6. The predicted octanol–water partition coefficient (Wildman–Crippen LogP) is 3.05. The summed E-state index contributed by atoms with van der Waals surface area (Å²) in [6, 6.07) is 3.98. The minimum Gasteiger partial charge on any atom is -0.396 e. The van der Waals surface area contributed by atoms with Crippen LogP contribution in [0, 0.1) is 11.2 Å². The van der Waals surface area contributed by atoms with Gasteiger partial charge in [0.25, 0.3) is 5.91 Å². The zero-order valence-corrected chi connectivity index (χ0v) is 19.0. The zero-order chi connectivity index (χ0) is 23.4. The zero-order valence-electron chi connectivity index (χ0n) is 18.2. The molecule has 0 saturated heterocycles. The lowest BCUT2D eigenvalue weighted by molar-refractivity contribution is -0.0147. The number of benzene rings is 1. The third-order valence-corrected chi connectivity index (χ3v) is 8.11. The molecule has 0 radical (unpaired) electrons. The molecule has 1 aromatic carbocycles. The molecule has 4 N–H and O–H groups in total. The minimum atomic E-state index is -0.660. The number of hydrogen-bond acceptors (Lipinski definition) is 4. The first-order valence-electron chi connectivity index (χ1n) is 11.3. The summed E-state index contributed by atoms with van der Waals surface area (Å²) in [5.74, 6) is -1.22. The molecular formula is C23H27ClFN5O3. The van der Waals surface area contributed by atoms with Gasteiger partial charge in [-0.2, -0.15) is 5.10 Å². The lowest BCUT2D eigenvalue weighted by Gasteiger charge is -2.53. The molecule has 3 amide bonds. The molecule has 33 heavy (non-hydrogen) atoms. The first-order chi connectivity index (χ1) is 15.7. The van der Waals surface area contributed by atoms with Gasteiger partial charge in [-0.25, -0.2) is 9.18 Å². The Kier molecular flexibility index (Phi) is 5.36. The molecule has 0 unspecified atom stereocenters. The van der Waals surface area contributed by atoms with Crippen LogP contribution in [0.4, 0.5) is 9.18 Å². The van der Waals surface area contributed by atoms with E-state index in [1.807, 2.05) is 0 Å². The van der Waals surface area contributed by atoms with E-state index in [4.69, 9.17) is 17.3 Å². The van der Waals surface area contributed by atoms with Crippen LogP contribution in [-0.2, 0) is 13.1 Å². The summed E-state index contributed by atoms with van der Waals surface area (Å²) < 4.78 is 15.3. The van der Waals surface area contributed by atoms with Gasteiger partial charge in [0.2, 0.25) is 0 Å². The van der Waals surface area contributed by atoms with Crippen molar-refractivity contribution in [2.24, 2.45) is 11.1 Å². The Morgan fingerprint density at radius 2 is 1.88 bits per heavy atom. The number of nitrogens with zero attached hydrogens (tertiary/aromatic N) is 3. The summed E-state index contributed by atoms with van der Waals surface area (Å²) in [5, 5.41) is 17.5. The average molecular weight is 476 g/mol. The smallest absolute Gasteiger partial charge is 0.318 e. The monoisotopic (exact) mass is 475 g/mol. The lowest BCUT2D eigenvalue weighted by atomic mass is 9.57. The summed E-state index contributed by atoms with van der Waals surface area (Å²) in [5.41, 5.74) is 7.09. The first-order valence-corrected chi connectivity index (χ1v) is 11.7. The third-order valence-electron chi connectivity index (χ3n) is 7.82. The summed E-state index contributed by atoms with van der Waals surface area (Å²) in [6.45, 7) is 1.27. The number of aliphatic hydroxyl groups is 1. The molecule has 3 saturated carbocycles. The van der Waals surface area contributed by atoms with Gasteiger partial charge in [-0.15, -0.1) is 0 Å². The van der Waals surface area contributed by atoms with Gasteiger partial charge in [0, 0.05) is 24.3 Å². The second-order valence-corrected chi connectivity index (χ2v) is 10.1. The van der Waals surface area contributed by atoms with Gasteiger partial charge in [-0.3, -0.25) is 9.48 Å². The van der Waals surface area contributed by atoms with E-state index in [-0.39, 0.29) is 40.7 Å². The molecular weight excluding hydrogens is 449 g/mol. The molecule has 3 aliphatic carbocycles. The van der Waals surface area contributed by atoms with E-state index in [9.17, 15) is 19.1 Å². The molecule has 6 rings (SSSR count). The van der Waals surface area contributed by atoms with Gasteiger partial charge in [-0.05, 0) is 62.1 Å². The number of aliphatic hydroxyl groups excluding tert-OH is 1. The van der Waals surface area contributed by atoms with Crippen LogP contribution in [0.2, 0.25) is 5.02 Å². The normalized spacial score (nSPS) is 26.2. The fourth-order valence-electron chi connectivity index (χ4n) is 5.59. The molecule has 1 aromatic heterocycles. The van der Waals surface area contributed by atoms with E-state index in [1.165, 1.54) is 18.2 Å². The van der Waals surface area contributed by atoms with Crippen LogP contribution in [0.3, 0.4) is 0 Å². The first kappa shape index (κ1) is 22.2. The number of urea groups is 1. The molecule has 4 aliphatic rings. The molecule has 3 fully saturated rings. The highest BCUT2D eigenvalue weighted by Gasteiger charge is 2.49. The van der Waals surface area contributed by atoms with Gasteiger partial charge in [0.15, 0.2) is 0 Å². The summed E-state index contributed by atoms with van der Waals surface area (Å²) in [4.78, 5) is 27.2. The van der Waals surface area contributed by atoms with Gasteiger partial charge in [0.1, 0.15) is 11.5 Å². The molecule has 2 bridgehead atoms. The van der Waals surface area contributed by atoms with Gasteiger partial charge in [-0.1, -0.05) is 11.6 Å². The number of primary amides is 1. The fourth-order valence-corrected chi connectivity index (χ4v) is 5.77. The van der Waals surface area contributed by atoms with Crippen molar-refractivity contribution in [1.29, 1.82) is 0 Å². The lowest BCUT2D eigenvalue weighted by Crippen LogP contribution is -2.60. The third kappa shape index (κ3) is 3.77. The van der Waals surface area contributed by atoms with Gasteiger partial charge < -0.3 is 21.1 Å². The SMILES string of the molecule is NC(=O)c1c(-c2ccc(F)c(Cl)c2)nn2c1CN(C(=O)NC13CCC(CO)(CC1)CC3)CC2. The van der Waals surface area contributed by atoms with Crippen molar-refractivity contribution >= 4 is 23.5 Å². The number of halogens is 2. The van der Waals surface area contributed by atoms with Crippen LogP contribution in [0.25, 0.3) is 11.3 Å². The van der Waals surface area contributed by atoms with Crippen LogP contribution in [-0.4, -0.2) is 50.4 Å². The molecule has 2 aromatic rings. The van der Waals surface area contributed by atoms with Gasteiger partial charge in [0.05, 0.1) is 29.4 Å². The van der Waals surface area contributed by atoms with Crippen molar-refractivity contribution in [2.75, 3.05) is 13.2 Å². The minimum absolute atomic E-state index is 0.0279. The summed E-state index contributed by atoms with van der Waals surface area (Å²) >= 11 is 5.93. The number of hydrogen-bond donors (Lipinski definition) is 3. The average Bonchev–Trinajstić information content (AvgIpc) is 3.21. The Labute approximate surface area is 195 Å². The van der Waals surface area contributed by atoms with E-state index in [0.717, 1.165) is 38.5 Å². The second-order valence-electron chi connectivity index (χ2n) is 9.68. The van der Waals surface area contributed by atoms with E-state index in [2.05, 4.69) is 10.4 Å².